The number of hydrogen-bond donors (Lipinski definition) is 1. The lowest BCUT2D eigenvalue weighted by atomic mass is 9.98. The largest absolute Gasteiger partial charge is 0.253 e. The minimum atomic E-state index is -3.63. The highest BCUT2D eigenvalue weighted by molar-refractivity contribution is 7.89. The van der Waals surface area contributed by atoms with Gasteiger partial charge in [-0.15, -0.1) is 4.83 Å². The van der Waals surface area contributed by atoms with Crippen molar-refractivity contribution in [3.8, 4) is 11.5 Å². The molecule has 1 aromatic carbocycles. The Kier molecular flexibility index (Phi) is 4.92. The Morgan fingerprint density at radius 2 is 1.82 bits per heavy atom. The summed E-state index contributed by atoms with van der Waals surface area (Å²) in [4.78, 5) is 16.6. The number of aromatic nitrogens is 3. The lowest BCUT2D eigenvalue weighted by Gasteiger charge is -2.35. The van der Waals surface area contributed by atoms with Gasteiger partial charge in [-0.2, -0.15) is 0 Å². The number of fused-ring (bicyclic) bond motifs is 1. The van der Waals surface area contributed by atoms with E-state index in [4.69, 9.17) is 4.98 Å². The van der Waals surface area contributed by atoms with Crippen LogP contribution in [-0.2, 0) is 16.4 Å². The molecule has 1 N–H and O–H groups in total. The van der Waals surface area contributed by atoms with E-state index >= 15 is 0 Å². The van der Waals surface area contributed by atoms with Gasteiger partial charge in [0.05, 0.1) is 16.6 Å². The average molecular weight is 395 g/mol. The molecule has 8 heteroatoms. The molecule has 7 nitrogen and oxygen atoms in total. The highest BCUT2D eigenvalue weighted by Gasteiger charge is 2.31. The van der Waals surface area contributed by atoms with Crippen LogP contribution in [0.15, 0.2) is 59.6 Å². The van der Waals surface area contributed by atoms with Gasteiger partial charge in [-0.05, 0) is 38.1 Å². The van der Waals surface area contributed by atoms with Gasteiger partial charge in [0.2, 0.25) is 0 Å². The number of hydrogen-bond acceptors (Lipinski definition) is 6. The third-order valence-corrected chi connectivity index (χ3v) is 6.24. The van der Waals surface area contributed by atoms with Crippen LogP contribution in [0.2, 0.25) is 0 Å². The highest BCUT2D eigenvalue weighted by atomic mass is 32.2. The van der Waals surface area contributed by atoms with Gasteiger partial charge in [0.1, 0.15) is 5.69 Å². The van der Waals surface area contributed by atoms with E-state index in [-0.39, 0.29) is 10.9 Å². The van der Waals surface area contributed by atoms with E-state index in [0.29, 0.717) is 18.8 Å². The van der Waals surface area contributed by atoms with E-state index in [9.17, 15) is 8.42 Å². The summed E-state index contributed by atoms with van der Waals surface area (Å²) in [6.45, 7) is 4.42. The van der Waals surface area contributed by atoms with Gasteiger partial charge in [0, 0.05) is 30.4 Å². The van der Waals surface area contributed by atoms with Gasteiger partial charge in [-0.25, -0.2) is 23.4 Å². The van der Waals surface area contributed by atoms with Crippen LogP contribution in [0.1, 0.15) is 29.9 Å². The van der Waals surface area contributed by atoms with E-state index in [2.05, 4.69) is 14.8 Å². The van der Waals surface area contributed by atoms with Crippen molar-refractivity contribution in [2.45, 2.75) is 31.2 Å². The van der Waals surface area contributed by atoms with Gasteiger partial charge >= 0.3 is 0 Å². The Bertz CT molecular complexity index is 1090. The monoisotopic (exact) mass is 395 g/mol. The average Bonchev–Trinajstić information content (AvgIpc) is 2.71. The molecule has 1 unspecified atom stereocenters. The summed E-state index contributed by atoms with van der Waals surface area (Å²) in [6.07, 6.45) is 2.34. The molecule has 28 heavy (non-hydrogen) atoms. The van der Waals surface area contributed by atoms with Crippen LogP contribution < -0.4 is 4.83 Å². The molecule has 2 aromatic heterocycles. The van der Waals surface area contributed by atoms with E-state index in [1.165, 1.54) is 0 Å². The van der Waals surface area contributed by atoms with Crippen LogP contribution >= 0.6 is 0 Å². The zero-order valence-electron chi connectivity index (χ0n) is 15.7. The normalized spacial score (nSPS) is 17.3. The van der Waals surface area contributed by atoms with Crippen LogP contribution in [0.25, 0.3) is 11.5 Å². The Hall–Kier alpha value is -2.68. The van der Waals surface area contributed by atoms with Crippen LogP contribution in [0.5, 0.6) is 0 Å². The Morgan fingerprint density at radius 3 is 2.54 bits per heavy atom. The van der Waals surface area contributed by atoms with Crippen LogP contribution in [0.3, 0.4) is 0 Å². The Morgan fingerprint density at radius 1 is 1.07 bits per heavy atom. The minimum Gasteiger partial charge on any atom is -0.253 e. The number of aryl methyl sites for hydroxylation is 1. The summed E-state index contributed by atoms with van der Waals surface area (Å²) in [5.74, 6) is 0.599. The predicted molar refractivity (Wildman–Crippen MR) is 106 cm³/mol. The second-order valence-corrected chi connectivity index (χ2v) is 8.40. The van der Waals surface area contributed by atoms with Crippen molar-refractivity contribution >= 4 is 10.0 Å². The summed E-state index contributed by atoms with van der Waals surface area (Å²) in [5.41, 5.74) is 3.47. The number of pyridine rings is 1. The standard InChI is InChI=1S/C20H21N5O2S/c1-14-19-15(2)25(24-28(26,27)16-8-4-3-5-9-16)13-11-17(19)23-20(22-14)18-10-6-7-12-21-18/h3-10,12,15,24H,11,13H2,1-2H3. The minimum absolute atomic E-state index is 0.181. The number of hydrazine groups is 1. The second kappa shape index (κ2) is 7.38. The van der Waals surface area contributed by atoms with Crippen molar-refractivity contribution in [3.05, 3.63) is 71.7 Å². The quantitative estimate of drug-likeness (QED) is 0.731. The van der Waals surface area contributed by atoms with E-state index < -0.39 is 10.0 Å². The number of rotatable bonds is 4. The smallest absolute Gasteiger partial charge is 0.253 e. The van der Waals surface area contributed by atoms with Crippen molar-refractivity contribution in [2.75, 3.05) is 6.54 Å². The van der Waals surface area contributed by atoms with Crippen LogP contribution in [0, 0.1) is 6.92 Å². The maximum atomic E-state index is 12.7. The van der Waals surface area contributed by atoms with Gasteiger partial charge in [0.25, 0.3) is 10.0 Å². The van der Waals surface area contributed by atoms with Crippen molar-refractivity contribution in [1.82, 2.24) is 24.8 Å². The molecule has 3 aromatic rings. The van der Waals surface area contributed by atoms with Crippen molar-refractivity contribution < 1.29 is 8.42 Å². The predicted octanol–water partition coefficient (Wildman–Crippen LogP) is 2.66. The van der Waals surface area contributed by atoms with Crippen LogP contribution in [-0.4, -0.2) is 34.9 Å². The Labute approximate surface area is 164 Å². The third kappa shape index (κ3) is 3.54. The molecule has 0 spiro atoms. The highest BCUT2D eigenvalue weighted by Crippen LogP contribution is 2.31. The number of sulfonamides is 1. The summed E-state index contributed by atoms with van der Waals surface area (Å²) < 4.78 is 25.4. The van der Waals surface area contributed by atoms with E-state index in [0.717, 1.165) is 22.6 Å². The summed E-state index contributed by atoms with van der Waals surface area (Å²) in [7, 11) is -3.63. The fourth-order valence-electron chi connectivity index (χ4n) is 3.49. The van der Waals surface area contributed by atoms with Crippen molar-refractivity contribution in [1.29, 1.82) is 0 Å². The maximum absolute atomic E-state index is 12.7. The molecule has 0 fully saturated rings. The third-order valence-electron chi connectivity index (χ3n) is 4.87. The van der Waals surface area contributed by atoms with E-state index in [1.54, 1.807) is 41.5 Å². The topological polar surface area (TPSA) is 88.1 Å². The van der Waals surface area contributed by atoms with Crippen molar-refractivity contribution in [3.63, 3.8) is 0 Å². The van der Waals surface area contributed by atoms with Crippen LogP contribution in [0.4, 0.5) is 0 Å². The molecule has 0 saturated carbocycles. The lowest BCUT2D eigenvalue weighted by molar-refractivity contribution is 0.165. The fraction of sp³-hybridized carbons (Fsp3) is 0.250. The maximum Gasteiger partial charge on any atom is 0.253 e. The molecule has 3 heterocycles. The molecule has 0 radical (unpaired) electrons. The van der Waals surface area contributed by atoms with E-state index in [1.807, 2.05) is 32.0 Å². The number of nitrogens with one attached hydrogen (secondary N) is 1. The zero-order valence-corrected chi connectivity index (χ0v) is 16.5. The fourth-order valence-corrected chi connectivity index (χ4v) is 4.67. The molecule has 4 rings (SSSR count). The number of nitrogens with zero attached hydrogens (tertiary/aromatic N) is 4. The molecule has 1 aliphatic rings. The van der Waals surface area contributed by atoms with Crippen molar-refractivity contribution in [2.24, 2.45) is 0 Å². The van der Waals surface area contributed by atoms with Gasteiger partial charge < -0.3 is 0 Å². The molecular weight excluding hydrogens is 374 g/mol. The molecule has 144 valence electrons. The summed E-state index contributed by atoms with van der Waals surface area (Å²) in [5, 5.41) is 1.74. The first-order valence-corrected chi connectivity index (χ1v) is 10.6. The van der Waals surface area contributed by atoms with Gasteiger partial charge in [-0.1, -0.05) is 24.3 Å². The van der Waals surface area contributed by atoms with Gasteiger partial charge in [0.15, 0.2) is 5.82 Å². The first-order valence-electron chi connectivity index (χ1n) is 9.08. The SMILES string of the molecule is Cc1nc(-c2ccccn2)nc2c1C(C)N(NS(=O)(=O)c1ccccc1)CC2. The van der Waals surface area contributed by atoms with Gasteiger partial charge in [-0.3, -0.25) is 4.98 Å². The molecular formula is C20H21N5O2S. The Balaban J connectivity index is 1.63. The molecule has 1 atom stereocenters. The molecule has 0 bridgehead atoms. The number of benzene rings is 1. The first-order chi connectivity index (χ1) is 13.5. The molecule has 0 aliphatic carbocycles. The summed E-state index contributed by atoms with van der Waals surface area (Å²) in [6, 6.07) is 13.8. The molecule has 1 aliphatic heterocycles. The molecule has 0 amide bonds. The zero-order chi connectivity index (χ0) is 19.7. The first kappa shape index (κ1) is 18.7. The molecule has 0 saturated heterocycles. The lowest BCUT2D eigenvalue weighted by Crippen LogP contribution is -2.47. The second-order valence-electron chi connectivity index (χ2n) is 6.74. The summed E-state index contributed by atoms with van der Waals surface area (Å²) >= 11 is 0.